The minimum atomic E-state index is -0.609. The highest BCUT2D eigenvalue weighted by Crippen LogP contribution is 2.18. The van der Waals surface area contributed by atoms with E-state index in [2.05, 4.69) is 15.3 Å². The fraction of sp³-hybridized carbons (Fsp3) is 0.667. The molecule has 0 aromatic carbocycles. The SMILES string of the molecule is COCCNCc1cc(=O)[nH]c(C(C)(C)OC)n1. The predicted octanol–water partition coefficient (Wildman–Crippen LogP) is 0.387. The van der Waals surface area contributed by atoms with Crippen molar-refractivity contribution in [3.63, 3.8) is 0 Å². The van der Waals surface area contributed by atoms with Crippen LogP contribution in [0.4, 0.5) is 0 Å². The molecule has 0 aliphatic heterocycles. The molecular weight excluding hydrogens is 234 g/mol. The van der Waals surface area contributed by atoms with E-state index in [1.807, 2.05) is 13.8 Å². The molecule has 6 nitrogen and oxygen atoms in total. The van der Waals surface area contributed by atoms with Gasteiger partial charge in [0.15, 0.2) is 0 Å². The summed E-state index contributed by atoms with van der Waals surface area (Å²) in [6, 6.07) is 1.48. The van der Waals surface area contributed by atoms with Gasteiger partial charge in [-0.25, -0.2) is 4.98 Å². The van der Waals surface area contributed by atoms with Crippen molar-refractivity contribution in [3.8, 4) is 0 Å². The molecule has 0 saturated carbocycles. The molecule has 1 aromatic heterocycles. The third-order valence-electron chi connectivity index (χ3n) is 2.66. The van der Waals surface area contributed by atoms with Crippen LogP contribution in [-0.4, -0.2) is 37.3 Å². The van der Waals surface area contributed by atoms with E-state index in [1.165, 1.54) is 6.07 Å². The number of hydrogen-bond acceptors (Lipinski definition) is 5. The Morgan fingerprint density at radius 1 is 1.44 bits per heavy atom. The number of aromatic amines is 1. The molecule has 0 saturated heterocycles. The standard InChI is InChI=1S/C12H21N3O3/c1-12(2,18-4)11-14-9(7-10(16)15-11)8-13-5-6-17-3/h7,13H,5-6,8H2,1-4H3,(H,14,15,16). The fourth-order valence-electron chi connectivity index (χ4n) is 1.37. The van der Waals surface area contributed by atoms with E-state index in [4.69, 9.17) is 9.47 Å². The molecule has 0 amide bonds. The highest BCUT2D eigenvalue weighted by molar-refractivity contribution is 5.07. The molecule has 6 heteroatoms. The van der Waals surface area contributed by atoms with Crippen LogP contribution in [0, 0.1) is 0 Å². The fourth-order valence-corrected chi connectivity index (χ4v) is 1.37. The average Bonchev–Trinajstić information content (AvgIpc) is 2.34. The smallest absolute Gasteiger partial charge is 0.251 e. The van der Waals surface area contributed by atoms with Gasteiger partial charge in [0.25, 0.3) is 5.56 Å². The molecule has 0 aliphatic rings. The maximum absolute atomic E-state index is 11.6. The summed E-state index contributed by atoms with van der Waals surface area (Å²) in [6.07, 6.45) is 0. The molecule has 18 heavy (non-hydrogen) atoms. The second-order valence-corrected chi connectivity index (χ2v) is 4.47. The Kier molecular flexibility index (Phi) is 5.46. The van der Waals surface area contributed by atoms with E-state index < -0.39 is 5.60 Å². The molecular formula is C12H21N3O3. The van der Waals surface area contributed by atoms with E-state index in [9.17, 15) is 4.79 Å². The van der Waals surface area contributed by atoms with Gasteiger partial charge in [-0.15, -0.1) is 0 Å². The van der Waals surface area contributed by atoms with Gasteiger partial charge in [0.2, 0.25) is 0 Å². The molecule has 0 fully saturated rings. The first-order chi connectivity index (χ1) is 8.49. The number of ether oxygens (including phenoxy) is 2. The van der Waals surface area contributed by atoms with Gasteiger partial charge in [0, 0.05) is 33.4 Å². The summed E-state index contributed by atoms with van der Waals surface area (Å²) in [7, 11) is 3.23. The van der Waals surface area contributed by atoms with Crippen molar-refractivity contribution in [1.82, 2.24) is 15.3 Å². The Labute approximate surface area is 107 Å². The Hall–Kier alpha value is -1.24. The molecule has 0 atom stereocenters. The predicted molar refractivity (Wildman–Crippen MR) is 68.5 cm³/mol. The zero-order valence-corrected chi connectivity index (χ0v) is 11.4. The highest BCUT2D eigenvalue weighted by atomic mass is 16.5. The van der Waals surface area contributed by atoms with Crippen molar-refractivity contribution in [1.29, 1.82) is 0 Å². The molecule has 1 rings (SSSR count). The van der Waals surface area contributed by atoms with Gasteiger partial charge in [0.1, 0.15) is 11.4 Å². The zero-order chi connectivity index (χ0) is 13.6. The molecule has 0 bridgehead atoms. The quantitative estimate of drug-likeness (QED) is 0.689. The summed E-state index contributed by atoms with van der Waals surface area (Å²) in [4.78, 5) is 18.6. The summed E-state index contributed by atoms with van der Waals surface area (Å²) >= 11 is 0. The van der Waals surface area contributed by atoms with Gasteiger partial charge in [-0.1, -0.05) is 0 Å². The largest absolute Gasteiger partial charge is 0.383 e. The summed E-state index contributed by atoms with van der Waals surface area (Å²) in [6.45, 7) is 5.58. The Morgan fingerprint density at radius 2 is 2.17 bits per heavy atom. The van der Waals surface area contributed by atoms with E-state index in [-0.39, 0.29) is 5.56 Å². The van der Waals surface area contributed by atoms with Crippen LogP contribution in [0.1, 0.15) is 25.4 Å². The average molecular weight is 255 g/mol. The van der Waals surface area contributed by atoms with Crippen molar-refractivity contribution >= 4 is 0 Å². The van der Waals surface area contributed by atoms with Crippen LogP contribution in [0.5, 0.6) is 0 Å². The molecule has 1 aromatic rings. The van der Waals surface area contributed by atoms with Crippen LogP contribution in [0.2, 0.25) is 0 Å². The minimum absolute atomic E-state index is 0.173. The number of rotatable bonds is 7. The zero-order valence-electron chi connectivity index (χ0n) is 11.4. The lowest BCUT2D eigenvalue weighted by Gasteiger charge is -2.21. The van der Waals surface area contributed by atoms with E-state index in [0.717, 1.165) is 0 Å². The third kappa shape index (κ3) is 4.21. The summed E-state index contributed by atoms with van der Waals surface area (Å²) in [5.41, 5.74) is -0.0922. The van der Waals surface area contributed by atoms with Crippen molar-refractivity contribution in [2.75, 3.05) is 27.4 Å². The number of methoxy groups -OCH3 is 2. The van der Waals surface area contributed by atoms with Crippen molar-refractivity contribution in [3.05, 3.63) is 27.9 Å². The van der Waals surface area contributed by atoms with Crippen LogP contribution < -0.4 is 10.9 Å². The number of hydrogen-bond donors (Lipinski definition) is 2. The molecule has 2 N–H and O–H groups in total. The van der Waals surface area contributed by atoms with E-state index in [1.54, 1.807) is 14.2 Å². The molecule has 0 aliphatic carbocycles. The number of aromatic nitrogens is 2. The van der Waals surface area contributed by atoms with Crippen molar-refractivity contribution in [2.45, 2.75) is 26.0 Å². The first kappa shape index (κ1) is 14.8. The summed E-state index contributed by atoms with van der Waals surface area (Å²) in [5.74, 6) is 0.529. The van der Waals surface area contributed by atoms with Gasteiger partial charge < -0.3 is 19.8 Å². The van der Waals surface area contributed by atoms with Gasteiger partial charge in [0.05, 0.1) is 12.3 Å². The van der Waals surface area contributed by atoms with Crippen molar-refractivity contribution < 1.29 is 9.47 Å². The van der Waals surface area contributed by atoms with Gasteiger partial charge in [-0.05, 0) is 13.8 Å². The van der Waals surface area contributed by atoms with Crippen LogP contribution in [-0.2, 0) is 21.6 Å². The lowest BCUT2D eigenvalue weighted by atomic mass is 10.1. The molecule has 102 valence electrons. The van der Waals surface area contributed by atoms with Gasteiger partial charge in [-0.2, -0.15) is 0 Å². The lowest BCUT2D eigenvalue weighted by molar-refractivity contribution is 0.0110. The Bertz CT molecular complexity index is 429. The van der Waals surface area contributed by atoms with Crippen LogP contribution in [0.15, 0.2) is 10.9 Å². The highest BCUT2D eigenvalue weighted by Gasteiger charge is 2.22. The lowest BCUT2D eigenvalue weighted by Crippen LogP contribution is -2.28. The molecule has 0 spiro atoms. The molecule has 0 radical (unpaired) electrons. The molecule has 1 heterocycles. The van der Waals surface area contributed by atoms with Crippen LogP contribution in [0.25, 0.3) is 0 Å². The monoisotopic (exact) mass is 255 g/mol. The minimum Gasteiger partial charge on any atom is -0.383 e. The first-order valence-electron chi connectivity index (χ1n) is 5.85. The third-order valence-corrected chi connectivity index (χ3v) is 2.66. The van der Waals surface area contributed by atoms with Crippen molar-refractivity contribution in [2.24, 2.45) is 0 Å². The summed E-state index contributed by atoms with van der Waals surface area (Å²) in [5, 5.41) is 3.15. The second kappa shape index (κ2) is 6.63. The van der Waals surface area contributed by atoms with Gasteiger partial charge >= 0.3 is 0 Å². The Balaban J connectivity index is 2.78. The maximum atomic E-state index is 11.6. The second-order valence-electron chi connectivity index (χ2n) is 4.47. The number of nitrogens with one attached hydrogen (secondary N) is 2. The molecule has 0 unspecified atom stereocenters. The van der Waals surface area contributed by atoms with E-state index >= 15 is 0 Å². The normalized spacial score (nSPS) is 11.8. The topological polar surface area (TPSA) is 76.2 Å². The summed E-state index contributed by atoms with van der Waals surface area (Å²) < 4.78 is 10.2. The number of nitrogens with zero attached hydrogens (tertiary/aromatic N) is 1. The van der Waals surface area contributed by atoms with Crippen LogP contribution in [0.3, 0.4) is 0 Å². The first-order valence-corrected chi connectivity index (χ1v) is 5.85. The number of H-pyrrole nitrogens is 1. The maximum Gasteiger partial charge on any atom is 0.251 e. The van der Waals surface area contributed by atoms with Crippen LogP contribution >= 0.6 is 0 Å². The van der Waals surface area contributed by atoms with Gasteiger partial charge in [-0.3, -0.25) is 4.79 Å². The Morgan fingerprint density at radius 3 is 2.78 bits per heavy atom. The van der Waals surface area contributed by atoms with E-state index in [0.29, 0.717) is 31.2 Å².